The molecule has 128 valence electrons. The van der Waals surface area contributed by atoms with Crippen LogP contribution in [0, 0.1) is 0 Å². The van der Waals surface area contributed by atoms with Gasteiger partial charge in [-0.25, -0.2) is 13.2 Å². The normalized spacial score (nSPS) is 12.4. The summed E-state index contributed by atoms with van der Waals surface area (Å²) >= 11 is 1.12. The first-order chi connectivity index (χ1) is 11.2. The van der Waals surface area contributed by atoms with Crippen molar-refractivity contribution >= 4 is 48.4 Å². The molecule has 10 heteroatoms. The van der Waals surface area contributed by atoms with Crippen LogP contribution < -0.4 is 4.80 Å². The van der Waals surface area contributed by atoms with Crippen molar-refractivity contribution < 1.29 is 27.5 Å². The number of esters is 1. The lowest BCUT2D eigenvalue weighted by Gasteiger charge is -1.99. The predicted molar refractivity (Wildman–Crippen MR) is 87.2 cm³/mol. The number of rotatable bonds is 3. The summed E-state index contributed by atoms with van der Waals surface area (Å²) in [4.78, 5) is 38.3. The number of thiazole rings is 1. The van der Waals surface area contributed by atoms with Crippen LogP contribution in [-0.4, -0.2) is 42.8 Å². The lowest BCUT2D eigenvalue weighted by molar-refractivity contribution is -0.116. The van der Waals surface area contributed by atoms with Gasteiger partial charge in [-0.2, -0.15) is 4.99 Å². The van der Waals surface area contributed by atoms with E-state index in [1.54, 1.807) is 29.8 Å². The molecule has 0 aliphatic carbocycles. The molecule has 0 saturated carbocycles. The highest BCUT2D eigenvalue weighted by atomic mass is 32.2. The number of aromatic nitrogens is 1. The molecule has 1 amide bonds. The Hall–Kier alpha value is -2.33. The first kappa shape index (κ1) is 18.0. The largest absolute Gasteiger partial charge is 0.465 e. The molecule has 0 saturated heterocycles. The molecular weight excluding hydrogens is 356 g/mol. The van der Waals surface area contributed by atoms with Crippen LogP contribution in [-0.2, 0) is 31.2 Å². The summed E-state index contributed by atoms with van der Waals surface area (Å²) in [5.41, 5.74) is 1.07. The molecule has 1 aromatic heterocycles. The number of aryl methyl sites for hydroxylation is 1. The fraction of sp³-hybridized carbons (Fsp3) is 0.286. The van der Waals surface area contributed by atoms with E-state index in [0.29, 0.717) is 15.8 Å². The number of methoxy groups -OCH3 is 1. The SMILES string of the molecule is COC(=O)c1ccc2c(c1)sc(=NC(=O)CS(=O)(=O)C(C)=O)n2C. The standard InChI is InChI=1S/C14H14N2O6S2/c1-8(17)24(20,21)7-12(18)15-14-16(2)10-5-4-9(13(19)22-3)6-11(10)23-14/h4-6H,7H2,1-3H3. The Morgan fingerprint density at radius 3 is 2.54 bits per heavy atom. The minimum absolute atomic E-state index is 0.260. The second-order valence-electron chi connectivity index (χ2n) is 4.87. The highest BCUT2D eigenvalue weighted by Gasteiger charge is 2.21. The van der Waals surface area contributed by atoms with E-state index in [2.05, 4.69) is 9.73 Å². The number of hydrogen-bond donors (Lipinski definition) is 0. The monoisotopic (exact) mass is 370 g/mol. The van der Waals surface area contributed by atoms with Crippen molar-refractivity contribution in [2.24, 2.45) is 12.0 Å². The predicted octanol–water partition coefficient (Wildman–Crippen LogP) is 0.415. The third-order valence-corrected chi connectivity index (χ3v) is 5.80. The van der Waals surface area contributed by atoms with Gasteiger partial charge < -0.3 is 9.30 Å². The van der Waals surface area contributed by atoms with E-state index < -0.39 is 32.6 Å². The Morgan fingerprint density at radius 1 is 1.29 bits per heavy atom. The fourth-order valence-electron chi connectivity index (χ4n) is 1.89. The molecule has 0 aliphatic rings. The van der Waals surface area contributed by atoms with Crippen LogP contribution in [0.2, 0.25) is 0 Å². The first-order valence-corrected chi connectivity index (χ1v) is 9.11. The molecule has 0 radical (unpaired) electrons. The Kier molecular flexibility index (Phi) is 4.99. The van der Waals surface area contributed by atoms with Crippen LogP contribution in [0.25, 0.3) is 10.2 Å². The van der Waals surface area contributed by atoms with E-state index in [0.717, 1.165) is 18.3 Å². The average molecular weight is 370 g/mol. The highest BCUT2D eigenvalue weighted by molar-refractivity contribution is 8.06. The Balaban J connectivity index is 2.46. The van der Waals surface area contributed by atoms with Gasteiger partial charge >= 0.3 is 5.97 Å². The Labute approximate surface area is 141 Å². The van der Waals surface area contributed by atoms with Crippen molar-refractivity contribution in [3.63, 3.8) is 0 Å². The van der Waals surface area contributed by atoms with E-state index >= 15 is 0 Å². The first-order valence-electron chi connectivity index (χ1n) is 6.64. The third-order valence-electron chi connectivity index (χ3n) is 3.20. The maximum Gasteiger partial charge on any atom is 0.337 e. The molecule has 2 aromatic rings. The van der Waals surface area contributed by atoms with Crippen molar-refractivity contribution in [3.05, 3.63) is 28.6 Å². The smallest absolute Gasteiger partial charge is 0.337 e. The molecule has 0 spiro atoms. The number of amides is 1. The van der Waals surface area contributed by atoms with Gasteiger partial charge in [-0.3, -0.25) is 9.59 Å². The number of benzene rings is 1. The number of sulfone groups is 1. The lowest BCUT2D eigenvalue weighted by atomic mass is 10.2. The minimum atomic E-state index is -4.13. The van der Waals surface area contributed by atoms with E-state index in [4.69, 9.17) is 0 Å². The summed E-state index contributed by atoms with van der Waals surface area (Å²) in [5.74, 6) is -2.39. The van der Waals surface area contributed by atoms with E-state index in [1.165, 1.54) is 7.11 Å². The van der Waals surface area contributed by atoms with Gasteiger partial charge in [-0.05, 0) is 18.2 Å². The van der Waals surface area contributed by atoms with E-state index in [1.807, 2.05) is 0 Å². The number of ether oxygens (including phenoxy) is 1. The molecule has 0 atom stereocenters. The zero-order valence-corrected chi connectivity index (χ0v) is 14.7. The molecule has 0 unspecified atom stereocenters. The van der Waals surface area contributed by atoms with Gasteiger partial charge in [0.15, 0.2) is 4.80 Å². The van der Waals surface area contributed by atoms with Crippen molar-refractivity contribution in [2.75, 3.05) is 12.9 Å². The van der Waals surface area contributed by atoms with Crippen molar-refractivity contribution in [1.29, 1.82) is 0 Å². The van der Waals surface area contributed by atoms with Gasteiger partial charge in [0.05, 0.1) is 22.9 Å². The lowest BCUT2D eigenvalue weighted by Crippen LogP contribution is -2.23. The van der Waals surface area contributed by atoms with Crippen LogP contribution in [0.5, 0.6) is 0 Å². The molecule has 0 fully saturated rings. The van der Waals surface area contributed by atoms with Gasteiger partial charge in [0.25, 0.3) is 5.91 Å². The Morgan fingerprint density at radius 2 is 1.96 bits per heavy atom. The van der Waals surface area contributed by atoms with E-state index in [-0.39, 0.29) is 4.80 Å². The van der Waals surface area contributed by atoms with Crippen LogP contribution in [0.4, 0.5) is 0 Å². The van der Waals surface area contributed by atoms with Crippen molar-refractivity contribution in [3.8, 4) is 0 Å². The molecule has 8 nitrogen and oxygen atoms in total. The summed E-state index contributed by atoms with van der Waals surface area (Å²) in [7, 11) is -1.20. The van der Waals surface area contributed by atoms with Gasteiger partial charge in [-0.15, -0.1) is 0 Å². The summed E-state index contributed by atoms with van der Waals surface area (Å²) < 4.78 is 29.8. The number of nitrogens with zero attached hydrogens (tertiary/aromatic N) is 2. The number of carbonyl (C=O) groups excluding carboxylic acids is 3. The van der Waals surface area contributed by atoms with Crippen LogP contribution in [0.15, 0.2) is 23.2 Å². The summed E-state index contributed by atoms with van der Waals surface area (Å²) in [6.45, 7) is 0.885. The molecule has 1 heterocycles. The summed E-state index contributed by atoms with van der Waals surface area (Å²) in [6, 6.07) is 4.85. The Bertz CT molecular complexity index is 1010. The number of hydrogen-bond acceptors (Lipinski definition) is 7. The molecule has 0 aliphatic heterocycles. The zero-order valence-electron chi connectivity index (χ0n) is 13.1. The molecule has 2 rings (SSSR count). The van der Waals surface area contributed by atoms with Gasteiger partial charge in [0.2, 0.25) is 15.0 Å². The van der Waals surface area contributed by atoms with Crippen molar-refractivity contribution in [1.82, 2.24) is 4.57 Å². The van der Waals surface area contributed by atoms with Crippen LogP contribution in [0.1, 0.15) is 17.3 Å². The number of carbonyl (C=O) groups is 3. The zero-order chi connectivity index (χ0) is 18.1. The third kappa shape index (κ3) is 3.60. The summed E-state index contributed by atoms with van der Waals surface area (Å²) in [6.07, 6.45) is 0. The van der Waals surface area contributed by atoms with Gasteiger partial charge in [0.1, 0.15) is 5.75 Å². The van der Waals surface area contributed by atoms with Crippen LogP contribution >= 0.6 is 11.3 Å². The minimum Gasteiger partial charge on any atom is -0.465 e. The fourth-order valence-corrected chi connectivity index (χ4v) is 3.56. The molecule has 1 aromatic carbocycles. The maximum absolute atomic E-state index is 11.8. The molecule has 24 heavy (non-hydrogen) atoms. The summed E-state index contributed by atoms with van der Waals surface area (Å²) in [5, 5.41) is -1.07. The topological polar surface area (TPSA) is 112 Å². The molecular formula is C14H14N2O6S2. The highest BCUT2D eigenvalue weighted by Crippen LogP contribution is 2.19. The van der Waals surface area contributed by atoms with Gasteiger partial charge in [-0.1, -0.05) is 11.3 Å². The molecule has 0 bridgehead atoms. The number of fused-ring (bicyclic) bond motifs is 1. The van der Waals surface area contributed by atoms with Crippen molar-refractivity contribution in [2.45, 2.75) is 6.92 Å². The molecule has 0 N–H and O–H groups in total. The van der Waals surface area contributed by atoms with E-state index in [9.17, 15) is 22.8 Å². The average Bonchev–Trinajstić information content (AvgIpc) is 2.81. The van der Waals surface area contributed by atoms with Gasteiger partial charge in [0, 0.05) is 14.0 Å². The quantitative estimate of drug-likeness (QED) is 0.724. The maximum atomic E-state index is 11.8. The second-order valence-corrected chi connectivity index (χ2v) is 7.98. The van der Waals surface area contributed by atoms with Crippen LogP contribution in [0.3, 0.4) is 0 Å². The second kappa shape index (κ2) is 6.65.